The fraction of sp³-hybridized carbons (Fsp3) is 0.0833. The third-order valence-electron chi connectivity index (χ3n) is 2.21. The number of nitrogens with one attached hydrogen (secondary N) is 1. The molecule has 0 saturated carbocycles. The summed E-state index contributed by atoms with van der Waals surface area (Å²) in [6.07, 6.45) is 2.86. The van der Waals surface area contributed by atoms with E-state index in [-0.39, 0.29) is 5.91 Å². The first kappa shape index (κ1) is 11.5. The molecular weight excluding hydrogens is 238 g/mol. The molecule has 4 nitrogen and oxygen atoms in total. The summed E-state index contributed by atoms with van der Waals surface area (Å²) in [7, 11) is 0. The van der Waals surface area contributed by atoms with Crippen molar-refractivity contribution in [3.8, 4) is 0 Å². The van der Waals surface area contributed by atoms with E-state index < -0.39 is 0 Å². The summed E-state index contributed by atoms with van der Waals surface area (Å²) < 4.78 is 0. The van der Waals surface area contributed by atoms with Crippen LogP contribution in [0.15, 0.2) is 42.9 Å². The molecule has 0 spiro atoms. The third kappa shape index (κ3) is 3.01. The molecule has 0 atom stereocenters. The summed E-state index contributed by atoms with van der Waals surface area (Å²) >= 11 is 5.98. The molecule has 1 amide bonds. The molecule has 0 aliphatic heterocycles. The summed E-state index contributed by atoms with van der Waals surface area (Å²) in [4.78, 5) is 19.3. The lowest BCUT2D eigenvalue weighted by molar-refractivity contribution is 0.0946. The molecular formula is C12H10ClN3O. The average Bonchev–Trinajstić information content (AvgIpc) is 2.38. The van der Waals surface area contributed by atoms with E-state index in [0.29, 0.717) is 17.3 Å². The molecule has 2 rings (SSSR count). The van der Waals surface area contributed by atoms with E-state index in [9.17, 15) is 4.79 Å². The smallest absolute Gasteiger partial charge is 0.270 e. The number of rotatable bonds is 3. The minimum atomic E-state index is -0.243. The van der Waals surface area contributed by atoms with Gasteiger partial charge in [-0.05, 0) is 17.7 Å². The van der Waals surface area contributed by atoms with Gasteiger partial charge in [0.15, 0.2) is 0 Å². The second kappa shape index (κ2) is 5.41. The van der Waals surface area contributed by atoms with Gasteiger partial charge < -0.3 is 5.32 Å². The number of carbonyl (C=O) groups is 1. The van der Waals surface area contributed by atoms with Crippen molar-refractivity contribution < 1.29 is 4.79 Å². The number of benzene rings is 1. The summed E-state index contributed by atoms with van der Waals surface area (Å²) in [6, 6.07) is 8.92. The van der Waals surface area contributed by atoms with E-state index in [1.54, 1.807) is 12.1 Å². The normalized spacial score (nSPS) is 9.94. The quantitative estimate of drug-likeness (QED) is 0.903. The molecule has 1 aromatic heterocycles. The second-order valence-corrected chi connectivity index (χ2v) is 3.78. The molecule has 0 saturated heterocycles. The number of carbonyl (C=O) groups excluding carboxylic acids is 1. The van der Waals surface area contributed by atoms with Crippen LogP contribution >= 0.6 is 11.6 Å². The van der Waals surface area contributed by atoms with Gasteiger partial charge in [-0.3, -0.25) is 4.79 Å². The van der Waals surface area contributed by atoms with Crippen molar-refractivity contribution in [3.05, 3.63) is 59.1 Å². The number of halogens is 1. The van der Waals surface area contributed by atoms with Gasteiger partial charge in [0.05, 0.1) is 0 Å². The van der Waals surface area contributed by atoms with Crippen LogP contribution in [-0.4, -0.2) is 15.9 Å². The lowest BCUT2D eigenvalue weighted by Gasteiger charge is -2.05. The zero-order chi connectivity index (χ0) is 12.1. The Balaban J connectivity index is 2.00. The Morgan fingerprint density at radius 3 is 2.82 bits per heavy atom. The Morgan fingerprint density at radius 1 is 1.29 bits per heavy atom. The Hall–Kier alpha value is -1.94. The van der Waals surface area contributed by atoms with Crippen LogP contribution in [0.25, 0.3) is 0 Å². The minimum Gasteiger partial charge on any atom is -0.347 e. The minimum absolute atomic E-state index is 0.243. The lowest BCUT2D eigenvalue weighted by atomic mass is 10.2. The van der Waals surface area contributed by atoms with Crippen LogP contribution in [0, 0.1) is 0 Å². The van der Waals surface area contributed by atoms with Crippen LogP contribution in [0.3, 0.4) is 0 Å². The molecule has 0 bridgehead atoms. The topological polar surface area (TPSA) is 54.9 Å². The Kier molecular flexibility index (Phi) is 3.67. The first-order valence-electron chi connectivity index (χ1n) is 5.05. The van der Waals surface area contributed by atoms with Gasteiger partial charge in [0.1, 0.15) is 12.0 Å². The first-order valence-corrected chi connectivity index (χ1v) is 5.43. The van der Waals surface area contributed by atoms with E-state index in [1.807, 2.05) is 18.2 Å². The second-order valence-electron chi connectivity index (χ2n) is 3.37. The summed E-state index contributed by atoms with van der Waals surface area (Å²) in [5.74, 6) is -0.243. The van der Waals surface area contributed by atoms with Crippen molar-refractivity contribution in [2.75, 3.05) is 0 Å². The molecule has 0 unspecified atom stereocenters. The van der Waals surface area contributed by atoms with Gasteiger partial charge >= 0.3 is 0 Å². The molecule has 0 fully saturated rings. The van der Waals surface area contributed by atoms with Crippen molar-refractivity contribution in [3.63, 3.8) is 0 Å². The highest BCUT2D eigenvalue weighted by Crippen LogP contribution is 2.14. The summed E-state index contributed by atoms with van der Waals surface area (Å²) in [5, 5.41) is 3.38. The predicted octanol–water partition coefficient (Wildman–Crippen LogP) is 2.06. The molecule has 5 heteroatoms. The average molecular weight is 248 g/mol. The molecule has 1 N–H and O–H groups in total. The van der Waals surface area contributed by atoms with Crippen molar-refractivity contribution in [2.24, 2.45) is 0 Å². The van der Waals surface area contributed by atoms with Crippen LogP contribution < -0.4 is 5.32 Å². The highest BCUT2D eigenvalue weighted by molar-refractivity contribution is 6.31. The molecule has 17 heavy (non-hydrogen) atoms. The van der Waals surface area contributed by atoms with Gasteiger partial charge in [0, 0.05) is 17.8 Å². The van der Waals surface area contributed by atoms with Crippen molar-refractivity contribution >= 4 is 17.5 Å². The molecule has 0 aliphatic rings. The van der Waals surface area contributed by atoms with E-state index in [1.165, 1.54) is 12.5 Å². The Labute approximate surface area is 104 Å². The van der Waals surface area contributed by atoms with Crippen molar-refractivity contribution in [2.45, 2.75) is 6.54 Å². The standard InChI is InChI=1S/C12H10ClN3O/c13-10-4-2-1-3-9(10)7-15-12(17)11-5-6-14-8-16-11/h1-6,8H,7H2,(H,15,17). The predicted molar refractivity (Wildman–Crippen MR) is 64.7 cm³/mol. The fourth-order valence-electron chi connectivity index (χ4n) is 1.33. The van der Waals surface area contributed by atoms with Gasteiger partial charge in [0.2, 0.25) is 0 Å². The molecule has 0 aliphatic carbocycles. The molecule has 1 heterocycles. The maximum absolute atomic E-state index is 11.7. The van der Waals surface area contributed by atoms with Crippen LogP contribution in [-0.2, 0) is 6.54 Å². The van der Waals surface area contributed by atoms with E-state index in [4.69, 9.17) is 11.6 Å². The van der Waals surface area contributed by atoms with E-state index in [2.05, 4.69) is 15.3 Å². The zero-order valence-corrected chi connectivity index (χ0v) is 9.69. The Bertz CT molecular complexity index is 516. The highest BCUT2D eigenvalue weighted by Gasteiger charge is 2.06. The first-order chi connectivity index (χ1) is 8.27. The van der Waals surface area contributed by atoms with Gasteiger partial charge in [-0.2, -0.15) is 0 Å². The SMILES string of the molecule is O=C(NCc1ccccc1Cl)c1ccncn1. The number of nitrogens with zero attached hydrogens (tertiary/aromatic N) is 2. The van der Waals surface area contributed by atoms with E-state index in [0.717, 1.165) is 5.56 Å². The number of hydrogen-bond donors (Lipinski definition) is 1. The maximum Gasteiger partial charge on any atom is 0.270 e. The van der Waals surface area contributed by atoms with Crippen LogP contribution in [0.4, 0.5) is 0 Å². The Morgan fingerprint density at radius 2 is 2.12 bits per heavy atom. The van der Waals surface area contributed by atoms with Gasteiger partial charge in [0.25, 0.3) is 5.91 Å². The van der Waals surface area contributed by atoms with Gasteiger partial charge in [-0.1, -0.05) is 29.8 Å². The zero-order valence-electron chi connectivity index (χ0n) is 8.93. The number of amides is 1. The number of aromatic nitrogens is 2. The maximum atomic E-state index is 11.7. The van der Waals surface area contributed by atoms with Gasteiger partial charge in [-0.25, -0.2) is 9.97 Å². The molecule has 86 valence electrons. The molecule has 1 aromatic carbocycles. The number of hydrogen-bond acceptors (Lipinski definition) is 3. The van der Waals surface area contributed by atoms with Crippen molar-refractivity contribution in [1.82, 2.24) is 15.3 Å². The van der Waals surface area contributed by atoms with E-state index >= 15 is 0 Å². The van der Waals surface area contributed by atoms with Crippen LogP contribution in [0.1, 0.15) is 16.1 Å². The largest absolute Gasteiger partial charge is 0.347 e. The van der Waals surface area contributed by atoms with Crippen LogP contribution in [0.2, 0.25) is 5.02 Å². The summed E-state index contributed by atoms with van der Waals surface area (Å²) in [5.41, 5.74) is 1.21. The highest BCUT2D eigenvalue weighted by atomic mass is 35.5. The van der Waals surface area contributed by atoms with Gasteiger partial charge in [-0.15, -0.1) is 0 Å². The molecule has 2 aromatic rings. The monoisotopic (exact) mass is 247 g/mol. The van der Waals surface area contributed by atoms with Crippen molar-refractivity contribution in [1.29, 1.82) is 0 Å². The fourth-order valence-corrected chi connectivity index (χ4v) is 1.54. The third-order valence-corrected chi connectivity index (χ3v) is 2.58. The van der Waals surface area contributed by atoms with Crippen LogP contribution in [0.5, 0.6) is 0 Å². The molecule has 0 radical (unpaired) electrons. The lowest BCUT2D eigenvalue weighted by Crippen LogP contribution is -2.23. The summed E-state index contributed by atoms with van der Waals surface area (Å²) in [6.45, 7) is 0.377.